The average Bonchev–Trinajstić information content (AvgIpc) is 3.23. The van der Waals surface area contributed by atoms with Crippen molar-refractivity contribution in [1.29, 1.82) is 0 Å². The van der Waals surface area contributed by atoms with E-state index < -0.39 is 95.8 Å². The number of rotatable bonds is 9. The molecule has 2 aliphatic heterocycles. The second-order valence-corrected chi connectivity index (χ2v) is 16.8. The molecule has 2 aliphatic rings. The Kier molecular flexibility index (Phi) is 16.3. The van der Waals surface area contributed by atoms with Crippen LogP contribution in [0.5, 0.6) is 11.5 Å². The smallest absolute Gasteiger partial charge is 0.365 e. The average molecular weight is 845 g/mol. The highest BCUT2D eigenvalue weighted by atomic mass is 16.7. The summed E-state index contributed by atoms with van der Waals surface area (Å²) in [5.74, 6) is -5.10. The summed E-state index contributed by atoms with van der Waals surface area (Å²) in [6.07, 6.45) is -9.02. The Hall–Kier alpha value is -4.16. The van der Waals surface area contributed by atoms with Gasteiger partial charge in [0.1, 0.15) is 29.3 Å². The molecule has 0 spiro atoms. The molecule has 0 aliphatic carbocycles. The lowest BCUT2D eigenvalue weighted by Crippen LogP contribution is -2.60. The molecule has 16 heteroatoms. The second kappa shape index (κ2) is 20.1. The van der Waals surface area contributed by atoms with E-state index in [0.717, 1.165) is 0 Å². The zero-order chi connectivity index (χ0) is 44.9. The minimum atomic E-state index is -2.05. The summed E-state index contributed by atoms with van der Waals surface area (Å²) in [5, 5.41) is 63.8. The Labute approximate surface area is 352 Å². The van der Waals surface area contributed by atoms with Gasteiger partial charge in [-0.05, 0) is 95.5 Å². The first-order valence-electron chi connectivity index (χ1n) is 20.4. The van der Waals surface area contributed by atoms with E-state index in [4.69, 9.17) is 28.5 Å². The van der Waals surface area contributed by atoms with Crippen LogP contribution in [-0.2, 0) is 23.8 Å². The third-order valence-electron chi connectivity index (χ3n) is 12.2. The number of methoxy groups -OCH3 is 2. The van der Waals surface area contributed by atoms with Crippen molar-refractivity contribution in [3.8, 4) is 11.5 Å². The molecule has 0 radical (unpaired) electrons. The minimum Gasteiger partial charge on any atom is -0.497 e. The monoisotopic (exact) mass is 844 g/mol. The molecule has 60 heavy (non-hydrogen) atoms. The van der Waals surface area contributed by atoms with E-state index >= 15 is 0 Å². The lowest BCUT2D eigenvalue weighted by Gasteiger charge is -2.47. The molecule has 334 valence electrons. The van der Waals surface area contributed by atoms with E-state index in [2.05, 4.69) is 5.16 Å². The lowest BCUT2D eigenvalue weighted by molar-refractivity contribution is -0.298. The van der Waals surface area contributed by atoms with Gasteiger partial charge in [0.2, 0.25) is 0 Å². The number of cyclic esters (lactones) is 1. The molecule has 4 rings (SSSR count). The SMILES string of the molecule is CC[C@H]1OC(=O)[C@H](C)[C@@H](O)[C@H](C)[C@@H](O[C@@H]2O[C@H](C)C[C@H](N(C)C(=O)c3ccc(OC)cc3)[C@H]2O)C(C)(O)C[C@@H](C)C(=NOC(=O)c2ccc(OC)cc2)[C@H](C)[C@@H](O)[C@]1(C)O. The third-order valence-corrected chi connectivity index (χ3v) is 12.2. The van der Waals surface area contributed by atoms with Crippen molar-refractivity contribution < 1.29 is 68.4 Å². The number of aliphatic hydroxyl groups is 5. The number of carbonyl (C=O) groups excluding carboxylic acids is 3. The number of likely N-dealkylation sites (N-methyl/N-ethyl adjacent to an activating group) is 1. The first-order valence-corrected chi connectivity index (χ1v) is 20.4. The van der Waals surface area contributed by atoms with Crippen LogP contribution >= 0.6 is 0 Å². The first kappa shape index (κ1) is 48.5. The number of nitrogens with zero attached hydrogens (tertiary/aromatic N) is 2. The van der Waals surface area contributed by atoms with Gasteiger partial charge in [-0.1, -0.05) is 32.9 Å². The summed E-state index contributed by atoms with van der Waals surface area (Å²) in [4.78, 5) is 47.3. The standard InChI is InChI=1S/C44H64N2O14/c1-12-33-44(8,54)37(49)25(4)34(45-60-41(52)29-15-19-31(56-11)20-16-29)23(2)22-43(7,53)38(26(5)35(47)27(6)40(51)58-33)59-42-36(48)32(21-24(3)57-42)46(9)39(50)28-13-17-30(55-10)18-14-28/h13-20,23-27,32-33,35-38,42,47-49,53-54H,12,21-22H2,1-11H3/t23-,24-,25+,26+,27-,32+,33-,35+,36-,37-,38-,42+,43?,44-/m1/s1. The maximum atomic E-state index is 13.7. The van der Waals surface area contributed by atoms with Crippen molar-refractivity contribution in [1.82, 2.24) is 4.90 Å². The molecule has 5 N–H and O–H groups in total. The van der Waals surface area contributed by atoms with E-state index in [9.17, 15) is 39.9 Å². The third kappa shape index (κ3) is 10.8. The molecule has 2 aromatic rings. The number of aliphatic hydroxyl groups excluding tert-OH is 3. The number of hydrogen-bond acceptors (Lipinski definition) is 15. The predicted molar refractivity (Wildman–Crippen MR) is 219 cm³/mol. The van der Waals surface area contributed by atoms with Crippen molar-refractivity contribution in [2.24, 2.45) is 28.8 Å². The van der Waals surface area contributed by atoms with Crippen LogP contribution in [-0.4, -0.2) is 135 Å². The van der Waals surface area contributed by atoms with E-state index in [-0.39, 0.29) is 36.4 Å². The number of benzene rings is 2. The molecule has 2 heterocycles. The lowest BCUT2D eigenvalue weighted by atomic mass is 9.73. The first-order chi connectivity index (χ1) is 28.1. The van der Waals surface area contributed by atoms with Gasteiger partial charge in [-0.25, -0.2) is 4.79 Å². The van der Waals surface area contributed by atoms with E-state index in [0.29, 0.717) is 17.1 Å². The highest BCUT2D eigenvalue weighted by Gasteiger charge is 2.51. The Balaban J connectivity index is 1.74. The fraction of sp³-hybridized carbons (Fsp3) is 0.636. The number of esters is 1. The fourth-order valence-corrected chi connectivity index (χ4v) is 8.43. The summed E-state index contributed by atoms with van der Waals surface area (Å²) >= 11 is 0. The molecule has 1 unspecified atom stereocenters. The topological polar surface area (TPSA) is 223 Å². The van der Waals surface area contributed by atoms with Gasteiger partial charge >= 0.3 is 11.9 Å². The molecule has 0 saturated carbocycles. The second-order valence-electron chi connectivity index (χ2n) is 16.8. The van der Waals surface area contributed by atoms with Crippen LogP contribution in [0.15, 0.2) is 53.7 Å². The molecule has 14 atom stereocenters. The molecule has 1 amide bonds. The van der Waals surface area contributed by atoms with Crippen LogP contribution in [0.4, 0.5) is 0 Å². The highest BCUT2D eigenvalue weighted by molar-refractivity contribution is 5.94. The summed E-state index contributed by atoms with van der Waals surface area (Å²) in [6, 6.07) is 11.9. The van der Waals surface area contributed by atoms with Crippen LogP contribution in [0, 0.1) is 23.7 Å². The van der Waals surface area contributed by atoms with Crippen molar-refractivity contribution in [3.63, 3.8) is 0 Å². The fourth-order valence-electron chi connectivity index (χ4n) is 8.43. The van der Waals surface area contributed by atoms with E-state index in [1.54, 1.807) is 78.1 Å². The molecular weight excluding hydrogens is 780 g/mol. The minimum absolute atomic E-state index is 0.0739. The van der Waals surface area contributed by atoms with Crippen molar-refractivity contribution in [3.05, 3.63) is 59.7 Å². The van der Waals surface area contributed by atoms with Gasteiger partial charge in [0.25, 0.3) is 5.91 Å². The number of oxime groups is 1. The largest absolute Gasteiger partial charge is 0.497 e. The molecule has 0 aromatic heterocycles. The predicted octanol–water partition coefficient (Wildman–Crippen LogP) is 3.73. The van der Waals surface area contributed by atoms with Gasteiger partial charge in [0.15, 0.2) is 6.29 Å². The summed E-state index contributed by atoms with van der Waals surface area (Å²) < 4.78 is 28.8. The van der Waals surface area contributed by atoms with Crippen LogP contribution in [0.1, 0.15) is 95.4 Å². The Morgan fingerprint density at radius 3 is 1.95 bits per heavy atom. The van der Waals surface area contributed by atoms with Crippen LogP contribution in [0.2, 0.25) is 0 Å². The quantitative estimate of drug-likeness (QED) is 0.138. The Morgan fingerprint density at radius 2 is 1.42 bits per heavy atom. The van der Waals surface area contributed by atoms with Gasteiger partial charge in [0.05, 0.1) is 67.5 Å². The molecule has 2 fully saturated rings. The van der Waals surface area contributed by atoms with Gasteiger partial charge in [-0.3, -0.25) is 9.59 Å². The molecule has 2 saturated heterocycles. The molecule has 0 bridgehead atoms. The summed E-state index contributed by atoms with van der Waals surface area (Å²) in [7, 11) is 4.57. The van der Waals surface area contributed by atoms with E-state index in [1.807, 2.05) is 0 Å². The van der Waals surface area contributed by atoms with Crippen LogP contribution < -0.4 is 9.47 Å². The van der Waals surface area contributed by atoms with Crippen LogP contribution in [0.3, 0.4) is 0 Å². The summed E-state index contributed by atoms with van der Waals surface area (Å²) in [6.45, 7) is 12.5. The molecule has 2 aromatic carbocycles. The Bertz CT molecular complexity index is 1780. The van der Waals surface area contributed by atoms with Crippen molar-refractivity contribution >= 4 is 23.6 Å². The number of ether oxygens (including phenoxy) is 5. The van der Waals surface area contributed by atoms with Gasteiger partial charge in [-0.2, -0.15) is 0 Å². The summed E-state index contributed by atoms with van der Waals surface area (Å²) in [5.41, 5.74) is -3.38. The molecule has 16 nitrogen and oxygen atoms in total. The Morgan fingerprint density at radius 1 is 0.867 bits per heavy atom. The number of amides is 1. The van der Waals surface area contributed by atoms with E-state index in [1.165, 1.54) is 52.0 Å². The normalized spacial score (nSPS) is 36.4. The maximum Gasteiger partial charge on any atom is 0.365 e. The molecular formula is C44H64N2O14. The van der Waals surface area contributed by atoms with Gasteiger partial charge < -0.3 is 59.0 Å². The number of carbonyl (C=O) groups is 3. The zero-order valence-corrected chi connectivity index (χ0v) is 36.5. The van der Waals surface area contributed by atoms with Crippen molar-refractivity contribution in [2.45, 2.75) is 135 Å². The zero-order valence-electron chi connectivity index (χ0n) is 36.5. The maximum absolute atomic E-state index is 13.7. The van der Waals surface area contributed by atoms with Gasteiger partial charge in [-0.15, -0.1) is 0 Å². The van der Waals surface area contributed by atoms with Crippen molar-refractivity contribution in [2.75, 3.05) is 21.3 Å². The number of hydrogen-bond donors (Lipinski definition) is 5. The van der Waals surface area contributed by atoms with Crippen LogP contribution in [0.25, 0.3) is 0 Å². The van der Waals surface area contributed by atoms with Gasteiger partial charge in [0, 0.05) is 30.4 Å². The highest BCUT2D eigenvalue weighted by Crippen LogP contribution is 2.38.